The first-order chi connectivity index (χ1) is 13.3. The zero-order valence-electron chi connectivity index (χ0n) is 15.0. The van der Waals surface area contributed by atoms with Gasteiger partial charge in [-0.05, 0) is 54.8 Å². The van der Waals surface area contributed by atoms with E-state index < -0.39 is 22.8 Å². The Morgan fingerprint density at radius 1 is 1.21 bits per heavy atom. The summed E-state index contributed by atoms with van der Waals surface area (Å²) in [6.45, 7) is 2.45. The van der Waals surface area contributed by atoms with Gasteiger partial charge in [-0.25, -0.2) is 4.79 Å². The van der Waals surface area contributed by atoms with Gasteiger partial charge in [-0.2, -0.15) is 13.2 Å². The van der Waals surface area contributed by atoms with Crippen molar-refractivity contribution in [3.05, 3.63) is 69.9 Å². The Kier molecular flexibility index (Phi) is 5.84. The van der Waals surface area contributed by atoms with Crippen LogP contribution in [-0.2, 0) is 23.8 Å². The smallest absolute Gasteiger partial charge is 0.417 e. The molecule has 0 spiro atoms. The first-order valence-electron chi connectivity index (χ1n) is 8.65. The standard InChI is InChI=1S/C20H18ClF3N2O2/c1-2-28-14-8-6-12-4-3-5-18(15(12)11-14)26-19(27)25-13-7-9-17(21)16(10-13)20(22,23)24/h3-5,7-10H,2,6,11H2,1H3,(H2,25,26,27). The summed E-state index contributed by atoms with van der Waals surface area (Å²) in [6.07, 6.45) is -1.37. The summed E-state index contributed by atoms with van der Waals surface area (Å²) in [5.74, 6) is 0.831. The van der Waals surface area contributed by atoms with Crippen LogP contribution in [0.15, 0.2) is 48.2 Å². The maximum absolute atomic E-state index is 13.0. The Bertz CT molecular complexity index is 926. The molecule has 0 atom stereocenters. The summed E-state index contributed by atoms with van der Waals surface area (Å²) in [5.41, 5.74) is 1.57. The molecule has 0 radical (unpaired) electrons. The number of alkyl halides is 3. The summed E-state index contributed by atoms with van der Waals surface area (Å²) < 4.78 is 44.5. The number of anilines is 2. The number of allylic oxidation sites excluding steroid dienone is 2. The third-order valence-electron chi connectivity index (χ3n) is 4.28. The topological polar surface area (TPSA) is 50.4 Å². The van der Waals surface area contributed by atoms with E-state index in [9.17, 15) is 18.0 Å². The van der Waals surface area contributed by atoms with Crippen molar-refractivity contribution < 1.29 is 22.7 Å². The van der Waals surface area contributed by atoms with Crippen LogP contribution < -0.4 is 10.6 Å². The Morgan fingerprint density at radius 3 is 2.71 bits per heavy atom. The van der Waals surface area contributed by atoms with E-state index in [0.29, 0.717) is 25.1 Å². The second kappa shape index (κ2) is 8.14. The number of carbonyl (C=O) groups is 1. The van der Waals surface area contributed by atoms with Gasteiger partial charge < -0.3 is 15.4 Å². The van der Waals surface area contributed by atoms with Gasteiger partial charge >= 0.3 is 12.2 Å². The van der Waals surface area contributed by atoms with Crippen molar-refractivity contribution in [1.29, 1.82) is 0 Å². The number of urea groups is 1. The minimum absolute atomic E-state index is 0.00563. The highest BCUT2D eigenvalue weighted by Crippen LogP contribution is 2.36. The average Bonchev–Trinajstić information content (AvgIpc) is 2.63. The van der Waals surface area contributed by atoms with Crippen molar-refractivity contribution in [2.75, 3.05) is 17.2 Å². The number of benzene rings is 2. The molecule has 0 heterocycles. The SMILES string of the molecule is CCOC1=CCc2cccc(NC(=O)Nc3ccc(Cl)c(C(F)(F)F)c3)c2C1. The number of nitrogens with one attached hydrogen (secondary N) is 2. The lowest BCUT2D eigenvalue weighted by Crippen LogP contribution is -2.21. The van der Waals surface area contributed by atoms with Crippen molar-refractivity contribution in [2.24, 2.45) is 0 Å². The van der Waals surface area contributed by atoms with E-state index in [1.165, 1.54) is 6.07 Å². The van der Waals surface area contributed by atoms with Crippen LogP contribution in [0.1, 0.15) is 23.6 Å². The molecule has 2 amide bonds. The van der Waals surface area contributed by atoms with Crippen LogP contribution in [0.25, 0.3) is 0 Å². The molecule has 0 fully saturated rings. The second-order valence-corrected chi connectivity index (χ2v) is 6.61. The fourth-order valence-electron chi connectivity index (χ4n) is 3.02. The zero-order chi connectivity index (χ0) is 20.3. The Labute approximate surface area is 165 Å². The molecule has 1 aliphatic rings. The van der Waals surface area contributed by atoms with Gasteiger partial charge in [0.15, 0.2) is 0 Å². The van der Waals surface area contributed by atoms with Crippen LogP contribution in [0.5, 0.6) is 0 Å². The Morgan fingerprint density at radius 2 is 2.00 bits per heavy atom. The van der Waals surface area contributed by atoms with Gasteiger partial charge in [-0.1, -0.05) is 23.7 Å². The van der Waals surface area contributed by atoms with Crippen molar-refractivity contribution in [2.45, 2.75) is 25.9 Å². The molecule has 1 aliphatic carbocycles. The minimum Gasteiger partial charge on any atom is -0.498 e. The monoisotopic (exact) mass is 410 g/mol. The molecular weight excluding hydrogens is 393 g/mol. The van der Waals surface area contributed by atoms with Crippen LogP contribution in [0.4, 0.5) is 29.3 Å². The van der Waals surface area contributed by atoms with E-state index in [4.69, 9.17) is 16.3 Å². The lowest BCUT2D eigenvalue weighted by molar-refractivity contribution is -0.137. The molecule has 0 bridgehead atoms. The number of rotatable bonds is 4. The van der Waals surface area contributed by atoms with Crippen LogP contribution in [0.3, 0.4) is 0 Å². The van der Waals surface area contributed by atoms with E-state index >= 15 is 0 Å². The van der Waals surface area contributed by atoms with Gasteiger partial charge in [0.25, 0.3) is 0 Å². The van der Waals surface area contributed by atoms with E-state index in [2.05, 4.69) is 10.6 Å². The van der Waals surface area contributed by atoms with Gasteiger partial charge in [-0.15, -0.1) is 0 Å². The highest BCUT2D eigenvalue weighted by molar-refractivity contribution is 6.31. The molecule has 2 aromatic rings. The quantitative estimate of drug-likeness (QED) is 0.647. The van der Waals surface area contributed by atoms with E-state index in [-0.39, 0.29) is 5.69 Å². The molecule has 4 nitrogen and oxygen atoms in total. The summed E-state index contributed by atoms with van der Waals surface area (Å²) in [6, 6.07) is 8.10. The molecular formula is C20H18ClF3N2O2. The van der Waals surface area contributed by atoms with Crippen LogP contribution in [0, 0.1) is 0 Å². The predicted molar refractivity (Wildman–Crippen MR) is 103 cm³/mol. The van der Waals surface area contributed by atoms with Crippen molar-refractivity contribution >= 4 is 29.0 Å². The number of ether oxygens (including phenoxy) is 1. The van der Waals surface area contributed by atoms with Gasteiger partial charge in [0.2, 0.25) is 0 Å². The fourth-order valence-corrected chi connectivity index (χ4v) is 3.25. The number of halogens is 4. The molecule has 28 heavy (non-hydrogen) atoms. The summed E-state index contributed by atoms with van der Waals surface area (Å²) in [4.78, 5) is 12.3. The molecule has 2 aromatic carbocycles. The molecule has 3 rings (SSSR count). The lowest BCUT2D eigenvalue weighted by Gasteiger charge is -2.21. The average molecular weight is 411 g/mol. The zero-order valence-corrected chi connectivity index (χ0v) is 15.7. The number of fused-ring (bicyclic) bond motifs is 1. The summed E-state index contributed by atoms with van der Waals surface area (Å²) >= 11 is 5.60. The van der Waals surface area contributed by atoms with Crippen LogP contribution in [-0.4, -0.2) is 12.6 Å². The minimum atomic E-state index is -4.61. The van der Waals surface area contributed by atoms with Crippen LogP contribution >= 0.6 is 11.6 Å². The molecule has 8 heteroatoms. The third kappa shape index (κ3) is 4.59. The summed E-state index contributed by atoms with van der Waals surface area (Å²) in [7, 11) is 0. The maximum Gasteiger partial charge on any atom is 0.417 e. The molecule has 0 aliphatic heterocycles. The lowest BCUT2D eigenvalue weighted by atomic mass is 9.94. The van der Waals surface area contributed by atoms with E-state index in [1.807, 2.05) is 25.1 Å². The third-order valence-corrected chi connectivity index (χ3v) is 4.61. The number of hydrogen-bond donors (Lipinski definition) is 2. The molecule has 0 saturated carbocycles. The Balaban J connectivity index is 1.75. The van der Waals surface area contributed by atoms with Crippen molar-refractivity contribution in [3.8, 4) is 0 Å². The highest BCUT2D eigenvalue weighted by Gasteiger charge is 2.33. The Hall–Kier alpha value is -2.67. The summed E-state index contributed by atoms with van der Waals surface area (Å²) in [5, 5.41) is 4.70. The van der Waals surface area contributed by atoms with Crippen molar-refractivity contribution in [1.82, 2.24) is 0 Å². The maximum atomic E-state index is 13.0. The van der Waals surface area contributed by atoms with Gasteiger partial charge in [0.1, 0.15) is 0 Å². The number of amides is 2. The second-order valence-electron chi connectivity index (χ2n) is 6.20. The number of carbonyl (C=O) groups excluding carboxylic acids is 1. The molecule has 0 aromatic heterocycles. The predicted octanol–water partition coefficient (Wildman–Crippen LogP) is 6.02. The van der Waals surface area contributed by atoms with Gasteiger partial charge in [-0.3, -0.25) is 0 Å². The highest BCUT2D eigenvalue weighted by atomic mass is 35.5. The molecule has 0 saturated heterocycles. The molecule has 0 unspecified atom stereocenters. The van der Waals surface area contributed by atoms with Crippen LogP contribution in [0.2, 0.25) is 5.02 Å². The normalized spacial score (nSPS) is 13.4. The van der Waals surface area contributed by atoms with Crippen molar-refractivity contribution in [3.63, 3.8) is 0 Å². The first kappa shape index (κ1) is 20.1. The van der Waals surface area contributed by atoms with E-state index in [0.717, 1.165) is 29.0 Å². The van der Waals surface area contributed by atoms with Gasteiger partial charge in [0, 0.05) is 17.8 Å². The molecule has 148 valence electrons. The largest absolute Gasteiger partial charge is 0.498 e. The first-order valence-corrected chi connectivity index (χ1v) is 9.03. The molecule has 2 N–H and O–H groups in total. The van der Waals surface area contributed by atoms with Gasteiger partial charge in [0.05, 0.1) is 23.0 Å². The fraction of sp³-hybridized carbons (Fsp3) is 0.250. The number of hydrogen-bond acceptors (Lipinski definition) is 2. The van der Waals surface area contributed by atoms with E-state index in [1.54, 1.807) is 6.07 Å².